The van der Waals surface area contributed by atoms with E-state index in [4.69, 9.17) is 17.3 Å². The van der Waals surface area contributed by atoms with Crippen LogP contribution in [0.15, 0.2) is 48.5 Å². The number of rotatable bonds is 9. The molecule has 2 aromatic carbocycles. The van der Waals surface area contributed by atoms with Crippen LogP contribution in [0.3, 0.4) is 0 Å². The van der Waals surface area contributed by atoms with Gasteiger partial charge in [-0.05, 0) is 36.6 Å². The van der Waals surface area contributed by atoms with Crippen molar-refractivity contribution in [1.82, 2.24) is 15.6 Å². The number of fused-ring (bicyclic) bond motifs is 1. The molecule has 2 atom stereocenters. The monoisotopic (exact) mass is 444 g/mol. The van der Waals surface area contributed by atoms with E-state index in [-0.39, 0.29) is 11.8 Å². The Hall–Kier alpha value is -2.48. The SMILES string of the molecule is CCC(=O)N[C@@H](Cc1nc2ccc(Cl)cc2s1)C(=O)N[C@H](N)CCc1ccccc1. The number of aryl methyl sites for hydroxylation is 1. The molecule has 1 aromatic heterocycles. The molecule has 0 fully saturated rings. The zero-order chi connectivity index (χ0) is 21.5. The first-order valence-corrected chi connectivity index (χ1v) is 11.1. The van der Waals surface area contributed by atoms with Crippen LogP contribution in [0.1, 0.15) is 30.3 Å². The van der Waals surface area contributed by atoms with E-state index in [0.29, 0.717) is 24.3 Å². The Morgan fingerprint density at radius 2 is 1.93 bits per heavy atom. The molecule has 0 saturated carbocycles. The Morgan fingerprint density at radius 1 is 1.17 bits per heavy atom. The second-order valence-corrected chi connectivity index (χ2v) is 8.59. The van der Waals surface area contributed by atoms with E-state index >= 15 is 0 Å². The number of thiazole rings is 1. The van der Waals surface area contributed by atoms with Gasteiger partial charge in [-0.25, -0.2) is 4.98 Å². The van der Waals surface area contributed by atoms with Gasteiger partial charge in [0.05, 0.1) is 21.4 Å². The molecule has 0 bridgehead atoms. The smallest absolute Gasteiger partial charge is 0.244 e. The highest BCUT2D eigenvalue weighted by Crippen LogP contribution is 2.26. The second kappa shape index (κ2) is 10.5. The van der Waals surface area contributed by atoms with Crippen LogP contribution in [0.5, 0.6) is 0 Å². The third kappa shape index (κ3) is 6.26. The van der Waals surface area contributed by atoms with Gasteiger partial charge in [-0.3, -0.25) is 9.59 Å². The number of hydrogen-bond acceptors (Lipinski definition) is 5. The van der Waals surface area contributed by atoms with Crippen LogP contribution in [0.25, 0.3) is 10.2 Å². The summed E-state index contributed by atoms with van der Waals surface area (Å²) in [6.07, 6.45) is 1.43. The number of amides is 2. The quantitative estimate of drug-likeness (QED) is 0.440. The van der Waals surface area contributed by atoms with Gasteiger partial charge in [0.25, 0.3) is 0 Å². The number of carbonyl (C=O) groups excluding carboxylic acids is 2. The standard InChI is InChI=1S/C22H25ClN4O2S/c1-2-20(28)25-17(13-21-26-16-10-9-15(23)12-18(16)30-21)22(29)27-19(24)11-8-14-6-4-3-5-7-14/h3-7,9-10,12,17,19H,2,8,11,13,24H2,1H3,(H,25,28)(H,27,29)/t17-,19-/m0/s1. The van der Waals surface area contributed by atoms with Crippen LogP contribution >= 0.6 is 22.9 Å². The minimum atomic E-state index is -0.740. The van der Waals surface area contributed by atoms with Gasteiger partial charge >= 0.3 is 0 Å². The first-order valence-electron chi connectivity index (χ1n) is 9.89. The maximum Gasteiger partial charge on any atom is 0.244 e. The number of halogens is 1. The molecule has 0 radical (unpaired) electrons. The van der Waals surface area contributed by atoms with Crippen LogP contribution < -0.4 is 16.4 Å². The maximum absolute atomic E-state index is 12.8. The molecule has 30 heavy (non-hydrogen) atoms. The van der Waals surface area contributed by atoms with Crippen molar-refractivity contribution in [3.8, 4) is 0 Å². The van der Waals surface area contributed by atoms with Crippen LogP contribution in [0.2, 0.25) is 5.02 Å². The van der Waals surface area contributed by atoms with Gasteiger partial charge in [-0.2, -0.15) is 0 Å². The van der Waals surface area contributed by atoms with E-state index in [1.807, 2.05) is 42.5 Å². The second-order valence-electron chi connectivity index (χ2n) is 7.04. The van der Waals surface area contributed by atoms with E-state index in [9.17, 15) is 9.59 Å². The first kappa shape index (κ1) is 22.2. The number of hydrogen-bond donors (Lipinski definition) is 3. The topological polar surface area (TPSA) is 97.1 Å². The van der Waals surface area contributed by atoms with Gasteiger partial charge in [-0.1, -0.05) is 48.9 Å². The molecule has 3 rings (SSSR count). The highest BCUT2D eigenvalue weighted by molar-refractivity contribution is 7.18. The molecule has 0 spiro atoms. The van der Waals surface area contributed by atoms with Crippen molar-refractivity contribution >= 4 is 45.0 Å². The summed E-state index contributed by atoms with van der Waals surface area (Å²) in [6.45, 7) is 1.75. The Morgan fingerprint density at radius 3 is 2.67 bits per heavy atom. The van der Waals surface area contributed by atoms with Crippen LogP contribution in [0, 0.1) is 0 Å². The van der Waals surface area contributed by atoms with Crippen LogP contribution in [-0.2, 0) is 22.4 Å². The lowest BCUT2D eigenvalue weighted by Gasteiger charge is -2.20. The van der Waals surface area contributed by atoms with Crippen molar-refractivity contribution < 1.29 is 9.59 Å². The minimum Gasteiger partial charge on any atom is -0.344 e. The van der Waals surface area contributed by atoms with Gasteiger partial charge in [-0.15, -0.1) is 11.3 Å². The largest absolute Gasteiger partial charge is 0.344 e. The fourth-order valence-electron chi connectivity index (χ4n) is 3.04. The molecule has 6 nitrogen and oxygen atoms in total. The average Bonchev–Trinajstić information content (AvgIpc) is 3.13. The van der Waals surface area contributed by atoms with Gasteiger partial charge in [0.2, 0.25) is 11.8 Å². The van der Waals surface area contributed by atoms with Crippen molar-refractivity contribution in [3.05, 3.63) is 64.1 Å². The van der Waals surface area contributed by atoms with Crippen molar-refractivity contribution in [2.75, 3.05) is 0 Å². The molecule has 2 amide bonds. The third-order valence-electron chi connectivity index (χ3n) is 4.66. The van der Waals surface area contributed by atoms with Gasteiger partial charge < -0.3 is 16.4 Å². The fourth-order valence-corrected chi connectivity index (χ4v) is 4.32. The predicted octanol–water partition coefficient (Wildman–Crippen LogP) is 3.42. The molecule has 3 aromatic rings. The highest BCUT2D eigenvalue weighted by Gasteiger charge is 2.24. The molecule has 0 aliphatic heterocycles. The number of benzene rings is 2. The van der Waals surface area contributed by atoms with E-state index in [1.165, 1.54) is 11.3 Å². The van der Waals surface area contributed by atoms with Crippen molar-refractivity contribution in [2.45, 2.75) is 44.8 Å². The van der Waals surface area contributed by atoms with E-state index < -0.39 is 12.2 Å². The number of nitrogens with two attached hydrogens (primary N) is 1. The Kier molecular flexibility index (Phi) is 7.79. The van der Waals surface area contributed by atoms with Crippen LogP contribution in [-0.4, -0.2) is 29.0 Å². The summed E-state index contributed by atoms with van der Waals surface area (Å²) in [5, 5.41) is 6.99. The lowest BCUT2D eigenvalue weighted by molar-refractivity contribution is -0.129. The van der Waals surface area contributed by atoms with Crippen molar-refractivity contribution in [3.63, 3.8) is 0 Å². The molecule has 1 heterocycles. The molecule has 8 heteroatoms. The highest BCUT2D eigenvalue weighted by atomic mass is 35.5. The molecular formula is C22H25ClN4O2S. The van der Waals surface area contributed by atoms with Crippen molar-refractivity contribution in [1.29, 1.82) is 0 Å². The summed E-state index contributed by atoms with van der Waals surface area (Å²) >= 11 is 7.51. The number of aromatic nitrogens is 1. The third-order valence-corrected chi connectivity index (χ3v) is 5.94. The molecule has 0 aliphatic rings. The van der Waals surface area contributed by atoms with E-state index in [1.54, 1.807) is 13.0 Å². The summed E-state index contributed by atoms with van der Waals surface area (Å²) in [5.41, 5.74) is 8.10. The summed E-state index contributed by atoms with van der Waals surface area (Å²) in [6, 6.07) is 14.7. The average molecular weight is 445 g/mol. The van der Waals surface area contributed by atoms with Gasteiger partial charge in [0, 0.05) is 17.9 Å². The molecule has 158 valence electrons. The Labute approximate surface area is 184 Å². The molecular weight excluding hydrogens is 420 g/mol. The molecule has 4 N–H and O–H groups in total. The summed E-state index contributed by atoms with van der Waals surface area (Å²) in [4.78, 5) is 29.4. The first-order chi connectivity index (χ1) is 14.4. The molecule has 0 saturated heterocycles. The van der Waals surface area contributed by atoms with Gasteiger partial charge in [0.1, 0.15) is 6.04 Å². The zero-order valence-electron chi connectivity index (χ0n) is 16.7. The normalized spacial score (nSPS) is 13.0. The van der Waals surface area contributed by atoms with Crippen molar-refractivity contribution in [2.24, 2.45) is 5.73 Å². The maximum atomic E-state index is 12.8. The Bertz CT molecular complexity index is 1010. The van der Waals surface area contributed by atoms with E-state index in [2.05, 4.69) is 15.6 Å². The number of nitrogens with zero attached hydrogens (tertiary/aromatic N) is 1. The van der Waals surface area contributed by atoms with Crippen LogP contribution in [0.4, 0.5) is 0 Å². The lowest BCUT2D eigenvalue weighted by Crippen LogP contribution is -2.53. The minimum absolute atomic E-state index is 0.197. The summed E-state index contributed by atoms with van der Waals surface area (Å²) in [5.74, 6) is -0.508. The molecule has 0 aliphatic carbocycles. The fraction of sp³-hybridized carbons (Fsp3) is 0.318. The number of nitrogens with one attached hydrogen (secondary N) is 2. The molecule has 0 unspecified atom stereocenters. The summed E-state index contributed by atoms with van der Waals surface area (Å²) in [7, 11) is 0. The zero-order valence-corrected chi connectivity index (χ0v) is 18.3. The predicted molar refractivity (Wildman–Crippen MR) is 121 cm³/mol. The summed E-state index contributed by atoms with van der Waals surface area (Å²) < 4.78 is 0.943. The lowest BCUT2D eigenvalue weighted by atomic mass is 10.1. The van der Waals surface area contributed by atoms with E-state index in [0.717, 1.165) is 27.2 Å². The Balaban J connectivity index is 1.65. The number of carbonyl (C=O) groups is 2. The van der Waals surface area contributed by atoms with Gasteiger partial charge in [0.15, 0.2) is 0 Å².